The Morgan fingerprint density at radius 1 is 1.22 bits per heavy atom. The number of benzene rings is 2. The van der Waals surface area contributed by atoms with E-state index in [0.29, 0.717) is 11.6 Å². The van der Waals surface area contributed by atoms with Gasteiger partial charge in [-0.15, -0.1) is 0 Å². The molecule has 1 aromatic heterocycles. The van der Waals surface area contributed by atoms with Crippen molar-refractivity contribution in [1.29, 1.82) is 0 Å². The van der Waals surface area contributed by atoms with E-state index in [9.17, 15) is 4.39 Å². The van der Waals surface area contributed by atoms with Gasteiger partial charge in [-0.1, -0.05) is 12.1 Å². The van der Waals surface area contributed by atoms with Crippen molar-refractivity contribution in [2.75, 3.05) is 25.5 Å². The van der Waals surface area contributed by atoms with Crippen LogP contribution in [0.15, 0.2) is 42.6 Å². The molecule has 1 aliphatic rings. The number of methoxy groups -OCH3 is 1. The lowest BCUT2D eigenvalue weighted by atomic mass is 10.0. The second kappa shape index (κ2) is 5.59. The molecule has 0 spiro atoms. The molecule has 2 aromatic carbocycles. The first-order valence-electron chi connectivity index (χ1n) is 7.67. The van der Waals surface area contributed by atoms with Gasteiger partial charge in [0.05, 0.1) is 24.4 Å². The van der Waals surface area contributed by atoms with Crippen LogP contribution in [0, 0.1) is 5.82 Å². The minimum atomic E-state index is -0.332. The van der Waals surface area contributed by atoms with Gasteiger partial charge in [0.25, 0.3) is 0 Å². The number of hydrogen-bond acceptors (Lipinski definition) is 3. The zero-order valence-corrected chi connectivity index (χ0v) is 12.8. The number of halogens is 1. The Morgan fingerprint density at radius 2 is 2.09 bits per heavy atom. The molecule has 0 aliphatic carbocycles. The Kier molecular flexibility index (Phi) is 3.42. The lowest BCUT2D eigenvalue weighted by molar-refractivity contribution is 0.387. The number of nitrogens with one attached hydrogen (secondary N) is 3. The molecule has 118 valence electrons. The summed E-state index contributed by atoms with van der Waals surface area (Å²) in [6.45, 7) is 1.89. The molecule has 0 amide bonds. The molecular weight excluding hydrogens is 293 g/mol. The van der Waals surface area contributed by atoms with E-state index >= 15 is 0 Å². The van der Waals surface area contributed by atoms with E-state index in [2.05, 4.69) is 15.6 Å². The van der Waals surface area contributed by atoms with Gasteiger partial charge in [-0.2, -0.15) is 0 Å². The van der Waals surface area contributed by atoms with Crippen LogP contribution in [-0.2, 0) is 0 Å². The summed E-state index contributed by atoms with van der Waals surface area (Å²) in [6.07, 6.45) is 1.90. The number of anilines is 1. The number of fused-ring (bicyclic) bond motifs is 1. The fourth-order valence-electron chi connectivity index (χ4n) is 2.94. The fourth-order valence-corrected chi connectivity index (χ4v) is 2.94. The summed E-state index contributed by atoms with van der Waals surface area (Å²) in [4.78, 5) is 3.26. The number of aromatic amines is 1. The zero-order chi connectivity index (χ0) is 15.8. The van der Waals surface area contributed by atoms with Gasteiger partial charge in [0.2, 0.25) is 0 Å². The minimum Gasteiger partial charge on any atom is -0.494 e. The quantitative estimate of drug-likeness (QED) is 0.692. The third-order valence-corrected chi connectivity index (χ3v) is 4.29. The predicted molar refractivity (Wildman–Crippen MR) is 90.5 cm³/mol. The first-order valence-corrected chi connectivity index (χ1v) is 7.67. The number of rotatable bonds is 4. The summed E-state index contributed by atoms with van der Waals surface area (Å²) in [7, 11) is 1.48. The van der Waals surface area contributed by atoms with Crippen molar-refractivity contribution in [3.63, 3.8) is 0 Å². The Labute approximate surface area is 133 Å². The molecule has 3 aromatic rings. The predicted octanol–water partition coefficient (Wildman–Crippen LogP) is 3.37. The van der Waals surface area contributed by atoms with Crippen molar-refractivity contribution in [1.82, 2.24) is 10.3 Å². The van der Waals surface area contributed by atoms with Crippen LogP contribution in [0.1, 0.15) is 0 Å². The van der Waals surface area contributed by atoms with E-state index < -0.39 is 0 Å². The number of hydrogen-bond donors (Lipinski definition) is 3. The maximum absolute atomic E-state index is 14.6. The van der Waals surface area contributed by atoms with Crippen molar-refractivity contribution < 1.29 is 9.13 Å². The van der Waals surface area contributed by atoms with Gasteiger partial charge < -0.3 is 20.4 Å². The standard InChI is InChI=1S/C18H18FN3O/c1-23-16-4-2-3-14(17(16)19)12-7-11-5-6-21-18(11)15(8-12)22-13-9-20-10-13/h2-8,13,20-22H,9-10H2,1H3. The molecule has 0 unspecified atom stereocenters. The van der Waals surface area contributed by atoms with Gasteiger partial charge in [-0.3, -0.25) is 0 Å². The normalized spacial score (nSPS) is 14.7. The maximum Gasteiger partial charge on any atom is 0.172 e. The summed E-state index contributed by atoms with van der Waals surface area (Å²) in [5.74, 6) is -0.0736. The van der Waals surface area contributed by atoms with Crippen molar-refractivity contribution in [2.45, 2.75) is 6.04 Å². The molecule has 2 heterocycles. The summed E-state index contributed by atoms with van der Waals surface area (Å²) >= 11 is 0. The topological polar surface area (TPSA) is 49.1 Å². The van der Waals surface area contributed by atoms with Gasteiger partial charge in [0.1, 0.15) is 0 Å². The van der Waals surface area contributed by atoms with Crippen LogP contribution in [0.3, 0.4) is 0 Å². The van der Waals surface area contributed by atoms with Gasteiger partial charge in [0.15, 0.2) is 11.6 Å². The SMILES string of the molecule is COc1cccc(-c2cc(NC3CNC3)c3[nH]ccc3c2)c1F. The van der Waals surface area contributed by atoms with Crippen LogP contribution in [0.5, 0.6) is 5.75 Å². The third-order valence-electron chi connectivity index (χ3n) is 4.29. The van der Waals surface area contributed by atoms with Crippen LogP contribution in [0.25, 0.3) is 22.0 Å². The fraction of sp³-hybridized carbons (Fsp3) is 0.222. The molecule has 1 fully saturated rings. The van der Waals surface area contributed by atoms with Gasteiger partial charge in [-0.25, -0.2) is 4.39 Å². The molecular formula is C18H18FN3O. The van der Waals surface area contributed by atoms with Gasteiger partial charge in [0, 0.05) is 30.2 Å². The van der Waals surface area contributed by atoms with E-state index in [1.165, 1.54) is 7.11 Å². The van der Waals surface area contributed by atoms with Crippen LogP contribution in [0.2, 0.25) is 0 Å². The Balaban J connectivity index is 1.83. The lowest BCUT2D eigenvalue weighted by Gasteiger charge is -2.29. The molecule has 0 atom stereocenters. The molecule has 0 radical (unpaired) electrons. The number of H-pyrrole nitrogens is 1. The van der Waals surface area contributed by atoms with E-state index in [-0.39, 0.29) is 11.6 Å². The van der Waals surface area contributed by atoms with E-state index in [1.54, 1.807) is 12.1 Å². The summed E-state index contributed by atoms with van der Waals surface area (Å²) in [6, 6.07) is 11.6. The van der Waals surface area contributed by atoms with E-state index in [1.807, 2.05) is 30.5 Å². The lowest BCUT2D eigenvalue weighted by Crippen LogP contribution is -2.51. The Morgan fingerprint density at radius 3 is 2.83 bits per heavy atom. The average molecular weight is 311 g/mol. The first-order chi connectivity index (χ1) is 11.3. The number of aromatic nitrogens is 1. The zero-order valence-electron chi connectivity index (χ0n) is 12.8. The molecule has 1 aliphatic heterocycles. The third kappa shape index (κ3) is 2.43. The van der Waals surface area contributed by atoms with Gasteiger partial charge in [-0.05, 0) is 29.8 Å². The Hall–Kier alpha value is -2.53. The summed E-state index contributed by atoms with van der Waals surface area (Å²) in [5.41, 5.74) is 3.42. The van der Waals surface area contributed by atoms with Crippen LogP contribution < -0.4 is 15.4 Å². The average Bonchev–Trinajstić information content (AvgIpc) is 2.99. The maximum atomic E-state index is 14.6. The van der Waals surface area contributed by atoms with Crippen molar-refractivity contribution in [2.24, 2.45) is 0 Å². The van der Waals surface area contributed by atoms with Crippen molar-refractivity contribution in [3.8, 4) is 16.9 Å². The van der Waals surface area contributed by atoms with Crippen LogP contribution >= 0.6 is 0 Å². The second-order valence-electron chi connectivity index (χ2n) is 5.79. The van der Waals surface area contributed by atoms with Crippen molar-refractivity contribution >= 4 is 16.6 Å². The number of ether oxygens (including phenoxy) is 1. The summed E-state index contributed by atoms with van der Waals surface area (Å²) in [5, 5.41) is 7.82. The molecule has 0 saturated carbocycles. The molecule has 3 N–H and O–H groups in total. The highest BCUT2D eigenvalue weighted by Gasteiger charge is 2.19. The second-order valence-corrected chi connectivity index (χ2v) is 5.79. The molecule has 4 nitrogen and oxygen atoms in total. The molecule has 23 heavy (non-hydrogen) atoms. The largest absolute Gasteiger partial charge is 0.494 e. The van der Waals surface area contributed by atoms with E-state index in [0.717, 1.165) is 35.2 Å². The molecule has 5 heteroatoms. The molecule has 4 rings (SSSR count). The smallest absolute Gasteiger partial charge is 0.172 e. The molecule has 1 saturated heterocycles. The highest BCUT2D eigenvalue weighted by Crippen LogP contribution is 2.34. The van der Waals surface area contributed by atoms with Crippen LogP contribution in [-0.4, -0.2) is 31.2 Å². The monoisotopic (exact) mass is 311 g/mol. The first kappa shape index (κ1) is 14.1. The van der Waals surface area contributed by atoms with Crippen LogP contribution in [0.4, 0.5) is 10.1 Å². The summed E-state index contributed by atoms with van der Waals surface area (Å²) < 4.78 is 19.7. The van der Waals surface area contributed by atoms with Gasteiger partial charge >= 0.3 is 0 Å². The minimum absolute atomic E-state index is 0.259. The molecule has 0 bridgehead atoms. The highest BCUT2D eigenvalue weighted by atomic mass is 19.1. The Bertz CT molecular complexity index is 855. The van der Waals surface area contributed by atoms with E-state index in [4.69, 9.17) is 4.74 Å². The van der Waals surface area contributed by atoms with Crippen molar-refractivity contribution in [3.05, 3.63) is 48.4 Å². The highest BCUT2D eigenvalue weighted by molar-refractivity contribution is 5.95.